The Kier molecular flexibility index (Phi) is 12.7. The molecule has 0 aliphatic rings. The first-order chi connectivity index (χ1) is 9.57. The Hall–Kier alpha value is -0.770. The molecule has 0 saturated heterocycles. The van der Waals surface area contributed by atoms with Crippen molar-refractivity contribution in [3.8, 4) is 0 Å². The molecule has 0 saturated carbocycles. The van der Waals surface area contributed by atoms with E-state index in [1.54, 1.807) is 0 Å². The van der Waals surface area contributed by atoms with Crippen LogP contribution in [0.4, 0.5) is 0 Å². The molecule has 0 unspecified atom stereocenters. The highest BCUT2D eigenvalue weighted by Crippen LogP contribution is 2.00. The maximum atomic E-state index is 11.3. The molecule has 0 aromatic heterocycles. The first-order valence-corrected chi connectivity index (χ1v) is 6.82. The third-order valence-electron chi connectivity index (χ3n) is 2.54. The van der Waals surface area contributed by atoms with Crippen molar-refractivity contribution in [3.05, 3.63) is 0 Å². The van der Waals surface area contributed by atoms with Crippen LogP contribution in [-0.4, -0.2) is 68.0 Å². The number of carbonyl (C=O) groups excluding carboxylic acids is 1. The number of nitrogens with two attached hydrogens (primary N) is 2. The van der Waals surface area contributed by atoms with Crippen LogP contribution >= 0.6 is 0 Å². The van der Waals surface area contributed by atoms with Gasteiger partial charge in [0.1, 0.15) is 6.61 Å². The fourth-order valence-electron chi connectivity index (χ4n) is 1.40. The van der Waals surface area contributed by atoms with E-state index in [-0.39, 0.29) is 12.5 Å². The predicted molar refractivity (Wildman–Crippen MR) is 73.8 cm³/mol. The number of unbranched alkanes of at least 4 members (excludes halogenated alkanes) is 1. The Morgan fingerprint density at radius 3 is 2.50 bits per heavy atom. The molecule has 0 aromatic rings. The maximum Gasteiger partial charge on any atom is 0.245 e. The van der Waals surface area contributed by atoms with Gasteiger partial charge < -0.3 is 36.5 Å². The second-order valence-corrected chi connectivity index (χ2v) is 4.38. The van der Waals surface area contributed by atoms with E-state index < -0.39 is 12.3 Å². The van der Waals surface area contributed by atoms with Gasteiger partial charge in [0.2, 0.25) is 5.91 Å². The monoisotopic (exact) mass is 293 g/mol. The van der Waals surface area contributed by atoms with Gasteiger partial charge in [-0.15, -0.1) is 0 Å². The molecule has 0 aliphatic heterocycles. The van der Waals surface area contributed by atoms with Crippen LogP contribution in [-0.2, 0) is 14.3 Å². The molecule has 0 aliphatic carbocycles. The number of aliphatic hydroxyl groups is 2. The van der Waals surface area contributed by atoms with Crippen molar-refractivity contribution >= 4 is 5.91 Å². The molecule has 1 amide bonds. The quantitative estimate of drug-likeness (QED) is 0.193. The lowest BCUT2D eigenvalue weighted by Gasteiger charge is -2.13. The summed E-state index contributed by atoms with van der Waals surface area (Å²) in [5.74, 6) is -0.185. The van der Waals surface area contributed by atoms with Crippen molar-refractivity contribution in [2.45, 2.75) is 31.6 Å². The van der Waals surface area contributed by atoms with E-state index in [1.807, 2.05) is 0 Å². The number of aliphatic hydroxyl groups excluding tert-OH is 1. The molecular weight excluding hydrogens is 266 g/mol. The number of ether oxygens (including phenoxy) is 2. The normalized spacial score (nSPS) is 12.7. The van der Waals surface area contributed by atoms with Gasteiger partial charge >= 0.3 is 0 Å². The summed E-state index contributed by atoms with van der Waals surface area (Å²) in [4.78, 5) is 11.3. The van der Waals surface area contributed by atoms with E-state index >= 15 is 0 Å². The number of nitrogens with one attached hydrogen (secondary N) is 1. The van der Waals surface area contributed by atoms with E-state index in [4.69, 9.17) is 31.2 Å². The lowest BCUT2D eigenvalue weighted by molar-refractivity contribution is -0.126. The van der Waals surface area contributed by atoms with Crippen LogP contribution in [0.3, 0.4) is 0 Å². The van der Waals surface area contributed by atoms with Gasteiger partial charge in [-0.25, -0.2) is 0 Å². The molecule has 0 spiro atoms. The average molecular weight is 293 g/mol. The summed E-state index contributed by atoms with van der Waals surface area (Å²) in [7, 11) is 0. The van der Waals surface area contributed by atoms with E-state index in [1.165, 1.54) is 0 Å². The fourth-order valence-corrected chi connectivity index (χ4v) is 1.40. The molecule has 0 rings (SSSR count). The molecule has 0 heterocycles. The summed E-state index contributed by atoms with van der Waals surface area (Å²) in [5.41, 5.74) is 10.7. The lowest BCUT2D eigenvalue weighted by Crippen LogP contribution is -2.34. The van der Waals surface area contributed by atoms with Crippen molar-refractivity contribution in [1.82, 2.24) is 5.32 Å². The molecule has 8 heteroatoms. The number of hydrogen-bond donors (Lipinski definition) is 5. The summed E-state index contributed by atoms with van der Waals surface area (Å²) in [6, 6.07) is -0.637. The van der Waals surface area contributed by atoms with E-state index in [0.717, 1.165) is 6.42 Å². The Bertz CT molecular complexity index is 241. The minimum atomic E-state index is -1.49. The van der Waals surface area contributed by atoms with Crippen LogP contribution in [0, 0.1) is 0 Å². The Labute approximate surface area is 119 Å². The zero-order valence-corrected chi connectivity index (χ0v) is 11.8. The largest absolute Gasteiger partial charge is 0.378 e. The molecule has 0 radical (unpaired) electrons. The molecule has 120 valence electrons. The van der Waals surface area contributed by atoms with Crippen LogP contribution in [0.5, 0.6) is 0 Å². The smallest absolute Gasteiger partial charge is 0.245 e. The average Bonchev–Trinajstić information content (AvgIpc) is 2.41. The molecule has 20 heavy (non-hydrogen) atoms. The highest BCUT2D eigenvalue weighted by atomic mass is 16.5. The molecule has 1 atom stereocenters. The number of amides is 1. The summed E-state index contributed by atoms with van der Waals surface area (Å²) < 4.78 is 10.2. The first-order valence-electron chi connectivity index (χ1n) is 6.82. The van der Waals surface area contributed by atoms with Gasteiger partial charge in [0.15, 0.2) is 6.29 Å². The van der Waals surface area contributed by atoms with Gasteiger partial charge in [-0.1, -0.05) is 0 Å². The second-order valence-electron chi connectivity index (χ2n) is 4.38. The number of rotatable bonds is 13. The van der Waals surface area contributed by atoms with Gasteiger partial charge in [0.25, 0.3) is 0 Å². The Morgan fingerprint density at radius 2 is 1.85 bits per heavy atom. The topological polar surface area (TPSA) is 140 Å². The van der Waals surface area contributed by atoms with Gasteiger partial charge in [-0.2, -0.15) is 0 Å². The standard InChI is InChI=1S/C12H27N3O5/c13-4-6-19-7-8-20-9-11(16)15-5-2-1-3-10(14)12(17)18/h10,12,17-18H,1-9,13-14H2,(H,15,16)/t10-/m0/s1. The van der Waals surface area contributed by atoms with E-state index in [9.17, 15) is 4.79 Å². The van der Waals surface area contributed by atoms with Gasteiger partial charge in [-0.3, -0.25) is 4.79 Å². The van der Waals surface area contributed by atoms with Crippen LogP contribution < -0.4 is 16.8 Å². The zero-order chi connectivity index (χ0) is 15.2. The van der Waals surface area contributed by atoms with Gasteiger partial charge in [0, 0.05) is 13.1 Å². The predicted octanol–water partition coefficient (Wildman–Crippen LogP) is -2.10. The molecule has 0 fully saturated rings. The summed E-state index contributed by atoms with van der Waals surface area (Å²) in [6.07, 6.45) is 0.459. The third kappa shape index (κ3) is 12.3. The number of hydrogen-bond acceptors (Lipinski definition) is 7. The van der Waals surface area contributed by atoms with Crippen molar-refractivity contribution in [2.75, 3.05) is 39.5 Å². The molecule has 7 N–H and O–H groups in total. The van der Waals surface area contributed by atoms with Crippen molar-refractivity contribution < 1.29 is 24.5 Å². The second kappa shape index (κ2) is 13.2. The van der Waals surface area contributed by atoms with Gasteiger partial charge in [0.05, 0.1) is 25.9 Å². The molecular formula is C12H27N3O5. The Balaban J connectivity index is 3.28. The summed E-state index contributed by atoms with van der Waals surface area (Å²) in [5, 5.41) is 20.2. The van der Waals surface area contributed by atoms with Crippen molar-refractivity contribution in [3.63, 3.8) is 0 Å². The van der Waals surface area contributed by atoms with Crippen molar-refractivity contribution in [2.24, 2.45) is 11.5 Å². The first kappa shape index (κ1) is 19.2. The lowest BCUT2D eigenvalue weighted by atomic mass is 10.1. The van der Waals surface area contributed by atoms with E-state index in [2.05, 4.69) is 5.32 Å². The minimum absolute atomic E-state index is 0.000846. The highest BCUT2D eigenvalue weighted by molar-refractivity contribution is 5.77. The number of carbonyl (C=O) groups is 1. The third-order valence-corrected chi connectivity index (χ3v) is 2.54. The molecule has 0 aromatic carbocycles. The van der Waals surface area contributed by atoms with Crippen LogP contribution in [0.15, 0.2) is 0 Å². The SMILES string of the molecule is NCCOCCOCC(=O)NCCCC[C@H](N)C(O)O. The van der Waals surface area contributed by atoms with E-state index in [0.29, 0.717) is 45.8 Å². The Morgan fingerprint density at radius 1 is 1.15 bits per heavy atom. The van der Waals surface area contributed by atoms with Gasteiger partial charge in [-0.05, 0) is 19.3 Å². The summed E-state index contributed by atoms with van der Waals surface area (Å²) >= 11 is 0. The highest BCUT2D eigenvalue weighted by Gasteiger charge is 2.09. The fraction of sp³-hybridized carbons (Fsp3) is 0.917. The molecule has 0 bridgehead atoms. The van der Waals surface area contributed by atoms with Crippen LogP contribution in [0.25, 0.3) is 0 Å². The maximum absolute atomic E-state index is 11.3. The zero-order valence-electron chi connectivity index (χ0n) is 11.8. The summed E-state index contributed by atoms with van der Waals surface area (Å²) in [6.45, 7) is 2.25. The minimum Gasteiger partial charge on any atom is -0.378 e. The van der Waals surface area contributed by atoms with Crippen LogP contribution in [0.1, 0.15) is 19.3 Å². The van der Waals surface area contributed by atoms with Crippen LogP contribution in [0.2, 0.25) is 0 Å². The van der Waals surface area contributed by atoms with Crippen molar-refractivity contribution in [1.29, 1.82) is 0 Å². The molecule has 8 nitrogen and oxygen atoms in total.